The van der Waals surface area contributed by atoms with E-state index in [1.54, 1.807) is 0 Å². The lowest BCUT2D eigenvalue weighted by molar-refractivity contribution is -0.184. The van der Waals surface area contributed by atoms with E-state index in [4.69, 9.17) is 19.7 Å². The van der Waals surface area contributed by atoms with Gasteiger partial charge in [0.15, 0.2) is 6.29 Å². The summed E-state index contributed by atoms with van der Waals surface area (Å²) < 4.78 is 11.2. The van der Waals surface area contributed by atoms with Crippen LogP contribution in [0.4, 0.5) is 4.79 Å². The number of hydrogen-bond donors (Lipinski definition) is 2. The van der Waals surface area contributed by atoms with Crippen molar-refractivity contribution in [3.63, 3.8) is 0 Å². The standard InChI is InChI=1S/C11H19NO5/c13-7-8-5-9(6-12(8)11(14)15)17-10-3-1-2-4-16-10/h8-10,13H,1-7H2,(H,14,15)/t8-,9-,10?/m0/s1. The van der Waals surface area contributed by atoms with Crippen LogP contribution in [0, 0.1) is 0 Å². The Labute approximate surface area is 100 Å². The van der Waals surface area contributed by atoms with Gasteiger partial charge in [0.2, 0.25) is 0 Å². The molecule has 0 saturated carbocycles. The van der Waals surface area contributed by atoms with E-state index in [1.807, 2.05) is 0 Å². The molecule has 3 atom stereocenters. The molecule has 0 aromatic heterocycles. The fraction of sp³-hybridized carbons (Fsp3) is 0.909. The predicted octanol–water partition coefficient (Wildman–Crippen LogP) is 0.643. The fourth-order valence-electron chi connectivity index (χ4n) is 2.41. The van der Waals surface area contributed by atoms with Crippen LogP contribution in [0.3, 0.4) is 0 Å². The molecule has 0 aromatic rings. The molecule has 6 heteroatoms. The summed E-state index contributed by atoms with van der Waals surface area (Å²) >= 11 is 0. The SMILES string of the molecule is O=C(O)N1C[C@@H](OC2CCCCO2)C[C@H]1CO. The summed E-state index contributed by atoms with van der Waals surface area (Å²) in [6.45, 7) is 0.877. The van der Waals surface area contributed by atoms with Crippen LogP contribution in [0.5, 0.6) is 0 Å². The predicted molar refractivity (Wildman–Crippen MR) is 58.7 cm³/mol. The van der Waals surface area contributed by atoms with Crippen molar-refractivity contribution in [1.82, 2.24) is 4.90 Å². The second-order valence-corrected chi connectivity index (χ2v) is 4.56. The van der Waals surface area contributed by atoms with Crippen LogP contribution in [0.15, 0.2) is 0 Å². The van der Waals surface area contributed by atoms with Crippen molar-refractivity contribution in [1.29, 1.82) is 0 Å². The largest absolute Gasteiger partial charge is 0.465 e. The molecule has 1 unspecified atom stereocenters. The zero-order valence-electron chi connectivity index (χ0n) is 9.75. The summed E-state index contributed by atoms with van der Waals surface area (Å²) in [5.41, 5.74) is 0. The van der Waals surface area contributed by atoms with Gasteiger partial charge in [-0.1, -0.05) is 0 Å². The zero-order chi connectivity index (χ0) is 12.3. The first-order chi connectivity index (χ1) is 8.20. The minimum absolute atomic E-state index is 0.155. The van der Waals surface area contributed by atoms with Gasteiger partial charge in [-0.2, -0.15) is 0 Å². The Bertz CT molecular complexity index is 267. The lowest BCUT2D eigenvalue weighted by atomic mass is 10.2. The number of ether oxygens (including phenoxy) is 2. The molecule has 6 nitrogen and oxygen atoms in total. The first-order valence-corrected chi connectivity index (χ1v) is 6.08. The molecule has 0 radical (unpaired) electrons. The van der Waals surface area contributed by atoms with E-state index >= 15 is 0 Å². The van der Waals surface area contributed by atoms with Gasteiger partial charge < -0.3 is 24.6 Å². The molecule has 0 aromatic carbocycles. The second kappa shape index (κ2) is 5.66. The van der Waals surface area contributed by atoms with Gasteiger partial charge in [0.1, 0.15) is 0 Å². The molecule has 98 valence electrons. The molecule has 0 bridgehead atoms. The highest BCUT2D eigenvalue weighted by molar-refractivity contribution is 5.66. The van der Waals surface area contributed by atoms with Gasteiger partial charge in [-0.3, -0.25) is 0 Å². The van der Waals surface area contributed by atoms with Crippen LogP contribution in [0.1, 0.15) is 25.7 Å². The van der Waals surface area contributed by atoms with Gasteiger partial charge in [-0.15, -0.1) is 0 Å². The Balaban J connectivity index is 1.84. The Morgan fingerprint density at radius 1 is 1.47 bits per heavy atom. The number of hydrogen-bond acceptors (Lipinski definition) is 4. The van der Waals surface area contributed by atoms with E-state index in [0.717, 1.165) is 19.3 Å². The molecule has 2 saturated heterocycles. The second-order valence-electron chi connectivity index (χ2n) is 4.56. The Hall–Kier alpha value is -0.850. The van der Waals surface area contributed by atoms with Crippen molar-refractivity contribution >= 4 is 6.09 Å². The monoisotopic (exact) mass is 245 g/mol. The Morgan fingerprint density at radius 2 is 2.29 bits per heavy atom. The van der Waals surface area contributed by atoms with Gasteiger partial charge in [0.05, 0.1) is 25.3 Å². The molecule has 0 aliphatic carbocycles. The van der Waals surface area contributed by atoms with E-state index in [1.165, 1.54) is 4.90 Å². The maximum atomic E-state index is 10.9. The highest BCUT2D eigenvalue weighted by Crippen LogP contribution is 2.24. The topological polar surface area (TPSA) is 79.2 Å². The average Bonchev–Trinajstić information content (AvgIpc) is 2.73. The van der Waals surface area contributed by atoms with E-state index in [0.29, 0.717) is 19.6 Å². The van der Waals surface area contributed by atoms with Crippen LogP contribution in [0.2, 0.25) is 0 Å². The molecule has 1 amide bonds. The quantitative estimate of drug-likeness (QED) is 0.763. The van der Waals surface area contributed by atoms with Crippen molar-refractivity contribution in [2.45, 2.75) is 44.1 Å². The van der Waals surface area contributed by atoms with Gasteiger partial charge in [-0.05, 0) is 25.7 Å². The van der Waals surface area contributed by atoms with Crippen molar-refractivity contribution in [3.05, 3.63) is 0 Å². The Morgan fingerprint density at radius 3 is 2.82 bits per heavy atom. The van der Waals surface area contributed by atoms with E-state index in [-0.39, 0.29) is 25.0 Å². The number of likely N-dealkylation sites (tertiary alicyclic amines) is 1. The van der Waals surface area contributed by atoms with Crippen molar-refractivity contribution < 1.29 is 24.5 Å². The van der Waals surface area contributed by atoms with Gasteiger partial charge in [0.25, 0.3) is 0 Å². The normalized spacial score (nSPS) is 33.9. The third-order valence-electron chi connectivity index (χ3n) is 3.31. The van der Waals surface area contributed by atoms with Gasteiger partial charge >= 0.3 is 6.09 Å². The molecule has 17 heavy (non-hydrogen) atoms. The van der Waals surface area contributed by atoms with Crippen LogP contribution in [-0.2, 0) is 9.47 Å². The number of carboxylic acid groups (broad SMARTS) is 1. The van der Waals surface area contributed by atoms with Gasteiger partial charge in [-0.25, -0.2) is 4.79 Å². The number of carbonyl (C=O) groups is 1. The van der Waals surface area contributed by atoms with Crippen molar-refractivity contribution in [2.75, 3.05) is 19.8 Å². The van der Waals surface area contributed by atoms with Crippen molar-refractivity contribution in [3.8, 4) is 0 Å². The van der Waals surface area contributed by atoms with Gasteiger partial charge in [0, 0.05) is 6.61 Å². The van der Waals surface area contributed by atoms with Crippen LogP contribution >= 0.6 is 0 Å². The maximum Gasteiger partial charge on any atom is 0.407 e. The summed E-state index contributed by atoms with van der Waals surface area (Å²) in [5, 5.41) is 18.1. The third kappa shape index (κ3) is 3.08. The lowest BCUT2D eigenvalue weighted by Gasteiger charge is -2.25. The highest BCUT2D eigenvalue weighted by Gasteiger charge is 2.36. The summed E-state index contributed by atoms with van der Waals surface area (Å²) in [6.07, 6.45) is 2.19. The maximum absolute atomic E-state index is 10.9. The Kier molecular flexibility index (Phi) is 4.20. The number of nitrogens with zero attached hydrogens (tertiary/aromatic N) is 1. The number of aliphatic hydroxyl groups is 1. The number of rotatable bonds is 3. The highest BCUT2D eigenvalue weighted by atomic mass is 16.7. The summed E-state index contributed by atoms with van der Waals surface area (Å²) in [7, 11) is 0. The minimum atomic E-state index is -1.00. The number of aliphatic hydroxyl groups excluding tert-OH is 1. The lowest BCUT2D eigenvalue weighted by Crippen LogP contribution is -2.37. The van der Waals surface area contributed by atoms with Crippen LogP contribution in [0.25, 0.3) is 0 Å². The molecule has 2 fully saturated rings. The van der Waals surface area contributed by atoms with Crippen LogP contribution in [-0.4, -0.2) is 59.4 Å². The van der Waals surface area contributed by atoms with Crippen molar-refractivity contribution in [2.24, 2.45) is 0 Å². The zero-order valence-corrected chi connectivity index (χ0v) is 9.75. The molecular formula is C11H19NO5. The average molecular weight is 245 g/mol. The summed E-state index contributed by atoms with van der Waals surface area (Å²) in [4.78, 5) is 12.2. The minimum Gasteiger partial charge on any atom is -0.465 e. The molecule has 2 N–H and O–H groups in total. The molecule has 2 heterocycles. The molecule has 0 spiro atoms. The van der Waals surface area contributed by atoms with E-state index < -0.39 is 6.09 Å². The summed E-state index contributed by atoms with van der Waals surface area (Å²) in [5.74, 6) is 0. The third-order valence-corrected chi connectivity index (χ3v) is 3.31. The first-order valence-electron chi connectivity index (χ1n) is 6.08. The van der Waals surface area contributed by atoms with E-state index in [9.17, 15) is 4.79 Å². The fourth-order valence-corrected chi connectivity index (χ4v) is 2.41. The molecule has 2 aliphatic rings. The molecular weight excluding hydrogens is 226 g/mol. The molecule has 2 rings (SSSR count). The molecule has 2 aliphatic heterocycles. The smallest absolute Gasteiger partial charge is 0.407 e. The van der Waals surface area contributed by atoms with E-state index in [2.05, 4.69) is 0 Å². The summed E-state index contributed by atoms with van der Waals surface area (Å²) in [6, 6.07) is -0.346. The number of amides is 1. The first kappa shape index (κ1) is 12.6. The van der Waals surface area contributed by atoms with Crippen LogP contribution < -0.4 is 0 Å².